The first-order valence-corrected chi connectivity index (χ1v) is 14.5. The lowest BCUT2D eigenvalue weighted by Crippen LogP contribution is -2.66. The fraction of sp³-hybridized carbons (Fsp3) is 0.471. The van der Waals surface area contributed by atoms with Gasteiger partial charge in [-0.25, -0.2) is 0 Å². The van der Waals surface area contributed by atoms with Crippen molar-refractivity contribution in [1.82, 2.24) is 0 Å². The summed E-state index contributed by atoms with van der Waals surface area (Å²) >= 11 is 0. The summed E-state index contributed by atoms with van der Waals surface area (Å²) in [5, 5.41) is 0. The predicted molar refractivity (Wildman–Crippen MR) is 150 cm³/mol. The first-order valence-electron chi connectivity index (χ1n) is 14.5. The van der Waals surface area contributed by atoms with Crippen LogP contribution in [-0.4, -0.2) is 49.4 Å². The molecule has 42 heavy (non-hydrogen) atoms. The summed E-state index contributed by atoms with van der Waals surface area (Å²) < 4.78 is 24.1. The summed E-state index contributed by atoms with van der Waals surface area (Å²) in [5.74, 6) is -1.10. The third kappa shape index (κ3) is 3.21. The van der Waals surface area contributed by atoms with Crippen molar-refractivity contribution in [2.45, 2.75) is 64.8 Å². The summed E-state index contributed by atoms with van der Waals surface area (Å²) in [6.45, 7) is 7.91. The predicted octanol–water partition coefficient (Wildman–Crippen LogP) is 5.22. The van der Waals surface area contributed by atoms with E-state index in [1.807, 2.05) is 32.0 Å². The standard InChI is InChI=1S/C34H34O8/c1-17-21(20-11-13-40-27(20)19-8-6-18(16-35)7-9-19)14-22-26(17)34(4)23(15-25(37)39-5)33(3)24(36)10-12-32(2)29(33)28(30(34)41-22)42-31(32)38/h6-13,16,21-23,28-30H,14-15H2,1-5H3/t21-,22-,23?,28-,29+,30-,32-,33+,34-/m1/s1. The molecule has 0 radical (unpaired) electrons. The van der Waals surface area contributed by atoms with Gasteiger partial charge in [0.1, 0.15) is 24.3 Å². The first kappa shape index (κ1) is 27.1. The van der Waals surface area contributed by atoms with Crippen molar-refractivity contribution in [3.63, 3.8) is 0 Å². The molecule has 0 spiro atoms. The maximum Gasteiger partial charge on any atom is 0.316 e. The zero-order chi connectivity index (χ0) is 29.8. The van der Waals surface area contributed by atoms with E-state index in [0.29, 0.717) is 12.0 Å². The molecule has 7 rings (SSSR count). The van der Waals surface area contributed by atoms with Gasteiger partial charge in [0.25, 0.3) is 0 Å². The molecule has 0 N–H and O–H groups in total. The molecule has 1 unspecified atom stereocenters. The molecule has 2 aliphatic heterocycles. The van der Waals surface area contributed by atoms with Gasteiger partial charge in [0.05, 0.1) is 31.3 Å². The molecule has 9 atom stereocenters. The van der Waals surface area contributed by atoms with E-state index in [4.69, 9.17) is 18.6 Å². The van der Waals surface area contributed by atoms with Crippen LogP contribution in [0.25, 0.3) is 11.3 Å². The SMILES string of the molecule is COC(=O)CC1[C@]2(C)C3=C(C)[C@H](c4ccoc4-c4ccc(C=O)cc4)C[C@H]3O[C@@H]2[C@@H]2OC(=O)[C@]3(C)C=CC(=O)[C@@]1(C)[C@@H]23. The highest BCUT2D eigenvalue weighted by molar-refractivity contribution is 6.00. The topological polar surface area (TPSA) is 109 Å². The number of hydrogen-bond acceptors (Lipinski definition) is 8. The Bertz CT molecular complexity index is 1590. The summed E-state index contributed by atoms with van der Waals surface area (Å²) in [5.41, 5.74) is 1.85. The van der Waals surface area contributed by atoms with Crippen LogP contribution >= 0.6 is 0 Å². The van der Waals surface area contributed by atoms with Crippen LogP contribution in [0, 0.1) is 28.1 Å². The second-order valence-corrected chi connectivity index (χ2v) is 13.1. The molecular formula is C34H34O8. The van der Waals surface area contributed by atoms with Crippen molar-refractivity contribution < 1.29 is 37.8 Å². The highest BCUT2D eigenvalue weighted by Gasteiger charge is 2.77. The molecule has 1 aromatic carbocycles. The number of ketones is 1. The van der Waals surface area contributed by atoms with Crippen LogP contribution in [0.15, 0.2) is 64.3 Å². The van der Waals surface area contributed by atoms with Gasteiger partial charge in [0.2, 0.25) is 0 Å². The van der Waals surface area contributed by atoms with E-state index in [2.05, 4.69) is 13.8 Å². The molecule has 3 heterocycles. The molecule has 1 saturated carbocycles. The summed E-state index contributed by atoms with van der Waals surface area (Å²) in [7, 11) is 1.36. The molecule has 8 nitrogen and oxygen atoms in total. The van der Waals surface area contributed by atoms with Crippen LogP contribution in [0.3, 0.4) is 0 Å². The van der Waals surface area contributed by atoms with Crippen LogP contribution in [0.1, 0.15) is 62.4 Å². The van der Waals surface area contributed by atoms with E-state index in [0.717, 1.165) is 34.3 Å². The average molecular weight is 571 g/mol. The van der Waals surface area contributed by atoms with E-state index in [1.165, 1.54) is 13.2 Å². The summed E-state index contributed by atoms with van der Waals surface area (Å²) in [4.78, 5) is 51.4. The molecule has 5 aliphatic rings. The maximum absolute atomic E-state index is 13.9. The normalized spacial score (nSPS) is 39.5. The molecule has 0 bridgehead atoms. The van der Waals surface area contributed by atoms with Gasteiger partial charge >= 0.3 is 11.9 Å². The zero-order valence-corrected chi connectivity index (χ0v) is 24.3. The number of benzene rings is 1. The van der Waals surface area contributed by atoms with E-state index >= 15 is 0 Å². The van der Waals surface area contributed by atoms with E-state index < -0.39 is 46.3 Å². The van der Waals surface area contributed by atoms with Gasteiger partial charge in [-0.1, -0.05) is 49.8 Å². The molecule has 2 saturated heterocycles. The Balaban J connectivity index is 1.37. The van der Waals surface area contributed by atoms with Crippen molar-refractivity contribution in [1.29, 1.82) is 0 Å². The number of rotatable bonds is 5. The summed E-state index contributed by atoms with van der Waals surface area (Å²) in [6.07, 6.45) is 4.94. The van der Waals surface area contributed by atoms with Gasteiger partial charge in [-0.2, -0.15) is 0 Å². The summed E-state index contributed by atoms with van der Waals surface area (Å²) in [6, 6.07) is 9.25. The van der Waals surface area contributed by atoms with E-state index in [1.54, 1.807) is 24.5 Å². The van der Waals surface area contributed by atoms with E-state index in [9.17, 15) is 19.2 Å². The average Bonchev–Trinajstić information content (AvgIpc) is 3.72. The molecule has 0 amide bonds. The fourth-order valence-electron chi connectivity index (χ4n) is 9.45. The number of carbonyl (C=O) groups excluding carboxylic acids is 4. The van der Waals surface area contributed by atoms with Crippen molar-refractivity contribution in [3.8, 4) is 11.3 Å². The molecule has 2 aromatic rings. The molecule has 218 valence electrons. The van der Waals surface area contributed by atoms with Gasteiger partial charge in [-0.3, -0.25) is 19.2 Å². The van der Waals surface area contributed by atoms with E-state index in [-0.39, 0.29) is 30.2 Å². The number of furan rings is 1. The van der Waals surface area contributed by atoms with Crippen LogP contribution in [-0.2, 0) is 28.6 Å². The number of carbonyl (C=O) groups is 4. The van der Waals surface area contributed by atoms with Crippen molar-refractivity contribution in [3.05, 3.63) is 71.0 Å². The monoisotopic (exact) mass is 570 g/mol. The molecule has 8 heteroatoms. The molecular weight excluding hydrogens is 536 g/mol. The lowest BCUT2D eigenvalue weighted by Gasteiger charge is -2.59. The van der Waals surface area contributed by atoms with Gasteiger partial charge in [-0.05, 0) is 43.9 Å². The number of esters is 2. The fourth-order valence-corrected chi connectivity index (χ4v) is 9.45. The Kier molecular flexibility index (Phi) is 5.71. The number of methoxy groups -OCH3 is 1. The van der Waals surface area contributed by atoms with Gasteiger partial charge < -0.3 is 18.6 Å². The second kappa shape index (κ2) is 8.86. The Morgan fingerprint density at radius 2 is 1.83 bits per heavy atom. The molecule has 1 aromatic heterocycles. The largest absolute Gasteiger partial charge is 0.469 e. The lowest BCUT2D eigenvalue weighted by atomic mass is 9.42. The minimum absolute atomic E-state index is 0.0185. The van der Waals surface area contributed by atoms with Gasteiger partial charge in [0.15, 0.2) is 5.78 Å². The van der Waals surface area contributed by atoms with Crippen LogP contribution in [0.5, 0.6) is 0 Å². The van der Waals surface area contributed by atoms with Crippen LogP contribution in [0.2, 0.25) is 0 Å². The maximum atomic E-state index is 13.9. The number of allylic oxidation sites excluding steroid dienone is 2. The lowest BCUT2D eigenvalue weighted by molar-refractivity contribution is -0.190. The smallest absolute Gasteiger partial charge is 0.316 e. The second-order valence-electron chi connectivity index (χ2n) is 13.1. The molecule has 3 fully saturated rings. The van der Waals surface area contributed by atoms with Crippen LogP contribution < -0.4 is 0 Å². The van der Waals surface area contributed by atoms with Crippen molar-refractivity contribution in [2.24, 2.45) is 28.1 Å². The Morgan fingerprint density at radius 1 is 1.10 bits per heavy atom. The highest BCUT2D eigenvalue weighted by atomic mass is 16.6. The van der Waals surface area contributed by atoms with Crippen molar-refractivity contribution >= 4 is 24.0 Å². The Morgan fingerprint density at radius 3 is 2.52 bits per heavy atom. The zero-order valence-electron chi connectivity index (χ0n) is 24.3. The number of aldehydes is 1. The van der Waals surface area contributed by atoms with Crippen molar-refractivity contribution in [2.75, 3.05) is 7.11 Å². The third-order valence-corrected chi connectivity index (χ3v) is 11.3. The quantitative estimate of drug-likeness (QED) is 0.273. The highest BCUT2D eigenvalue weighted by Crippen LogP contribution is 2.72. The third-order valence-electron chi connectivity index (χ3n) is 11.3. The van der Waals surface area contributed by atoms with Crippen LogP contribution in [0.4, 0.5) is 0 Å². The molecule has 3 aliphatic carbocycles. The minimum Gasteiger partial charge on any atom is -0.469 e. The van der Waals surface area contributed by atoms with Gasteiger partial charge in [0, 0.05) is 39.4 Å². The minimum atomic E-state index is -1.05. The first-order chi connectivity index (χ1) is 20.0. The number of ether oxygens (including phenoxy) is 3. The Hall–Kier alpha value is -3.78. The number of hydrogen-bond donors (Lipinski definition) is 0. The Labute approximate surface area is 244 Å². The van der Waals surface area contributed by atoms with Gasteiger partial charge in [-0.15, -0.1) is 0 Å². The number of fused-ring (bicyclic) bond motifs is 4.